The molecule has 6 nitrogen and oxygen atoms in total. The monoisotopic (exact) mass is 475 g/mol. The maximum Gasteiger partial charge on any atom is 0.191 e. The minimum atomic E-state index is 0. The molecule has 0 amide bonds. The first-order valence-corrected chi connectivity index (χ1v) is 8.47. The van der Waals surface area contributed by atoms with Gasteiger partial charge < -0.3 is 20.1 Å². The van der Waals surface area contributed by atoms with Crippen molar-refractivity contribution in [1.82, 2.24) is 10.1 Å². The lowest BCUT2D eigenvalue weighted by molar-refractivity contribution is 0.375. The zero-order valence-corrected chi connectivity index (χ0v) is 17.3. The number of aromatic nitrogens is 1. The topological polar surface area (TPSA) is 70.9 Å². The molecule has 1 aliphatic rings. The second-order valence-electron chi connectivity index (χ2n) is 5.88. The van der Waals surface area contributed by atoms with Crippen LogP contribution in [0.5, 0.6) is 0 Å². The van der Waals surface area contributed by atoms with Crippen LogP contribution in [-0.4, -0.2) is 48.7 Å². The van der Waals surface area contributed by atoms with Gasteiger partial charge in [-0.05, 0) is 31.2 Å². The predicted molar refractivity (Wildman–Crippen MR) is 112 cm³/mol. The molecule has 0 saturated carbocycles. The number of rotatable bonds is 4. The first kappa shape index (κ1) is 19.8. The normalized spacial score (nSPS) is 15.2. The van der Waals surface area contributed by atoms with Crippen LogP contribution in [0.1, 0.15) is 11.5 Å². The molecule has 1 aromatic heterocycles. The number of guanidine groups is 1. The molecule has 1 aromatic carbocycles. The molecular formula is C17H23ClIN5O. The van der Waals surface area contributed by atoms with E-state index in [1.54, 1.807) is 0 Å². The van der Waals surface area contributed by atoms with E-state index in [4.69, 9.17) is 21.9 Å². The molecule has 1 aliphatic heterocycles. The van der Waals surface area contributed by atoms with E-state index in [9.17, 15) is 0 Å². The highest BCUT2D eigenvalue weighted by Crippen LogP contribution is 2.19. The number of aliphatic imine (C=N–C) groups is 1. The second kappa shape index (κ2) is 9.28. The van der Waals surface area contributed by atoms with Crippen molar-refractivity contribution >= 4 is 47.2 Å². The van der Waals surface area contributed by atoms with Crippen molar-refractivity contribution in [3.63, 3.8) is 0 Å². The Balaban J connectivity index is 0.00000225. The van der Waals surface area contributed by atoms with Gasteiger partial charge in [0.25, 0.3) is 0 Å². The van der Waals surface area contributed by atoms with Crippen LogP contribution in [0.15, 0.2) is 39.8 Å². The average molecular weight is 476 g/mol. The maximum absolute atomic E-state index is 6.12. The van der Waals surface area contributed by atoms with Crippen molar-refractivity contribution < 1.29 is 4.52 Å². The highest BCUT2D eigenvalue weighted by molar-refractivity contribution is 14.0. The Bertz CT molecular complexity index is 695. The minimum absolute atomic E-state index is 0. The van der Waals surface area contributed by atoms with Crippen molar-refractivity contribution in [1.29, 1.82) is 0 Å². The summed E-state index contributed by atoms with van der Waals surface area (Å²) in [6, 6.07) is 9.87. The highest BCUT2D eigenvalue weighted by Gasteiger charge is 2.18. The van der Waals surface area contributed by atoms with Crippen molar-refractivity contribution in [3.05, 3.63) is 46.8 Å². The Morgan fingerprint density at radius 3 is 2.52 bits per heavy atom. The molecule has 0 atom stereocenters. The molecule has 136 valence electrons. The number of nitrogens with two attached hydrogens (primary N) is 1. The zero-order chi connectivity index (χ0) is 16.9. The van der Waals surface area contributed by atoms with Gasteiger partial charge >= 0.3 is 0 Å². The van der Waals surface area contributed by atoms with Crippen LogP contribution in [-0.2, 0) is 6.42 Å². The summed E-state index contributed by atoms with van der Waals surface area (Å²) in [6.07, 6.45) is 0.715. The molecule has 2 heterocycles. The molecule has 2 aromatic rings. The number of anilines is 1. The van der Waals surface area contributed by atoms with Gasteiger partial charge in [0, 0.05) is 55.9 Å². The standard InChI is InChI=1S/C17H22ClN5O.HI/c1-13-12-16(24-21-13)6-7-20-17(19)23-10-8-22(9-11-23)15-4-2-14(18)3-5-15;/h2-5,12H,6-11H2,1H3,(H2,19,20);1H. The van der Waals surface area contributed by atoms with Gasteiger partial charge in [-0.25, -0.2) is 0 Å². The third-order valence-corrected chi connectivity index (χ3v) is 4.36. The maximum atomic E-state index is 6.12. The third kappa shape index (κ3) is 5.50. The van der Waals surface area contributed by atoms with Gasteiger partial charge in [-0.2, -0.15) is 0 Å². The van der Waals surface area contributed by atoms with Gasteiger partial charge in [-0.15, -0.1) is 24.0 Å². The van der Waals surface area contributed by atoms with E-state index in [0.29, 0.717) is 18.9 Å². The summed E-state index contributed by atoms with van der Waals surface area (Å²) in [5.74, 6) is 1.44. The van der Waals surface area contributed by atoms with Gasteiger partial charge in [0.1, 0.15) is 5.76 Å². The number of hydrogen-bond acceptors (Lipinski definition) is 4. The van der Waals surface area contributed by atoms with Gasteiger partial charge in [-0.1, -0.05) is 16.8 Å². The summed E-state index contributed by atoms with van der Waals surface area (Å²) in [6.45, 7) is 6.07. The molecule has 0 bridgehead atoms. The van der Waals surface area contributed by atoms with Crippen LogP contribution >= 0.6 is 35.6 Å². The van der Waals surface area contributed by atoms with Crippen LogP contribution in [0.25, 0.3) is 0 Å². The fraction of sp³-hybridized carbons (Fsp3) is 0.412. The molecule has 1 fully saturated rings. The molecule has 25 heavy (non-hydrogen) atoms. The number of piperazine rings is 1. The molecule has 0 unspecified atom stereocenters. The van der Waals surface area contributed by atoms with Crippen LogP contribution in [0.3, 0.4) is 0 Å². The van der Waals surface area contributed by atoms with Gasteiger partial charge in [-0.3, -0.25) is 4.99 Å². The summed E-state index contributed by atoms with van der Waals surface area (Å²) in [5.41, 5.74) is 8.19. The largest absolute Gasteiger partial charge is 0.370 e. The number of benzene rings is 1. The van der Waals surface area contributed by atoms with Crippen molar-refractivity contribution in [3.8, 4) is 0 Å². The lowest BCUT2D eigenvalue weighted by Crippen LogP contribution is -2.51. The van der Waals surface area contributed by atoms with Gasteiger partial charge in [0.05, 0.1) is 5.69 Å². The summed E-state index contributed by atoms with van der Waals surface area (Å²) in [7, 11) is 0. The minimum Gasteiger partial charge on any atom is -0.370 e. The highest BCUT2D eigenvalue weighted by atomic mass is 127. The van der Waals surface area contributed by atoms with Gasteiger partial charge in [0.2, 0.25) is 0 Å². The first-order chi connectivity index (χ1) is 11.6. The summed E-state index contributed by atoms with van der Waals surface area (Å²) < 4.78 is 5.17. The van der Waals surface area contributed by atoms with E-state index in [2.05, 4.69) is 32.1 Å². The first-order valence-electron chi connectivity index (χ1n) is 8.09. The average Bonchev–Trinajstić information content (AvgIpc) is 3.01. The van der Waals surface area contributed by atoms with E-state index in [1.165, 1.54) is 5.69 Å². The summed E-state index contributed by atoms with van der Waals surface area (Å²) >= 11 is 5.94. The fourth-order valence-corrected chi connectivity index (χ4v) is 2.89. The smallest absolute Gasteiger partial charge is 0.191 e. The molecule has 1 saturated heterocycles. The van der Waals surface area contributed by atoms with Gasteiger partial charge in [0.15, 0.2) is 5.96 Å². The number of hydrogen-bond donors (Lipinski definition) is 1. The van der Waals surface area contributed by atoms with E-state index >= 15 is 0 Å². The van der Waals surface area contributed by atoms with E-state index in [-0.39, 0.29) is 24.0 Å². The van der Waals surface area contributed by atoms with Crippen LogP contribution < -0.4 is 10.6 Å². The SMILES string of the molecule is Cc1cc(CCN=C(N)N2CCN(c3ccc(Cl)cc3)CC2)on1.I. The van der Waals surface area contributed by atoms with E-state index in [1.807, 2.05) is 25.1 Å². The van der Waals surface area contributed by atoms with Crippen molar-refractivity contribution in [2.24, 2.45) is 10.7 Å². The quantitative estimate of drug-likeness (QED) is 0.418. The lowest BCUT2D eigenvalue weighted by atomic mass is 10.2. The van der Waals surface area contributed by atoms with Crippen LogP contribution in [0.4, 0.5) is 5.69 Å². The number of halogens is 2. The predicted octanol–water partition coefficient (Wildman–Crippen LogP) is 2.93. The van der Waals surface area contributed by atoms with E-state index < -0.39 is 0 Å². The molecule has 2 N–H and O–H groups in total. The van der Waals surface area contributed by atoms with E-state index in [0.717, 1.165) is 42.7 Å². The molecule has 0 aliphatic carbocycles. The molecule has 0 spiro atoms. The Morgan fingerprint density at radius 1 is 1.24 bits per heavy atom. The molecular weight excluding hydrogens is 453 g/mol. The summed E-state index contributed by atoms with van der Waals surface area (Å²) in [4.78, 5) is 8.91. The molecule has 8 heteroatoms. The number of aryl methyl sites for hydroxylation is 1. The third-order valence-electron chi connectivity index (χ3n) is 4.10. The fourth-order valence-electron chi connectivity index (χ4n) is 2.76. The number of nitrogens with zero attached hydrogens (tertiary/aromatic N) is 4. The van der Waals surface area contributed by atoms with Crippen LogP contribution in [0.2, 0.25) is 5.02 Å². The summed E-state index contributed by atoms with van der Waals surface area (Å²) in [5, 5.41) is 4.63. The molecule has 0 radical (unpaired) electrons. The zero-order valence-electron chi connectivity index (χ0n) is 14.2. The Kier molecular flexibility index (Phi) is 7.37. The van der Waals surface area contributed by atoms with Crippen molar-refractivity contribution in [2.75, 3.05) is 37.6 Å². The Hall–Kier alpha value is -1.48. The lowest BCUT2D eigenvalue weighted by Gasteiger charge is -2.36. The van der Waals surface area contributed by atoms with Crippen LogP contribution in [0, 0.1) is 6.92 Å². The molecule has 3 rings (SSSR count). The van der Waals surface area contributed by atoms with Crippen molar-refractivity contribution in [2.45, 2.75) is 13.3 Å². The Morgan fingerprint density at radius 2 is 1.92 bits per heavy atom. The second-order valence-corrected chi connectivity index (χ2v) is 6.31. The Labute approximate surface area is 170 Å².